The number of carbonyl (C=O) groups is 1. The third-order valence-corrected chi connectivity index (χ3v) is 7.03. The normalized spacial score (nSPS) is 17.3. The fraction of sp³-hybridized carbons (Fsp3) is 0.440. The van der Waals surface area contributed by atoms with E-state index in [1.54, 1.807) is 0 Å². The summed E-state index contributed by atoms with van der Waals surface area (Å²) in [6, 6.07) is 13.9. The molecule has 178 valence electrons. The molecular weight excluding hydrogens is 450 g/mol. The number of amides is 1. The summed E-state index contributed by atoms with van der Waals surface area (Å²) < 4.78 is 1.81. The van der Waals surface area contributed by atoms with Crippen molar-refractivity contribution in [1.29, 1.82) is 0 Å². The highest BCUT2D eigenvalue weighted by Crippen LogP contribution is 2.25. The Kier molecular flexibility index (Phi) is 6.41. The summed E-state index contributed by atoms with van der Waals surface area (Å²) in [5.41, 5.74) is 3.12. The maximum absolute atomic E-state index is 13.2. The third-order valence-electron chi connectivity index (χ3n) is 6.80. The molecule has 4 heterocycles. The predicted octanol–water partition coefficient (Wildman–Crippen LogP) is 3.50. The monoisotopic (exact) mass is 479 g/mol. The molecule has 5 rings (SSSR count). The molecule has 0 atom stereocenters. The summed E-state index contributed by atoms with van der Waals surface area (Å²) >= 11 is 6.14. The van der Waals surface area contributed by atoms with Crippen molar-refractivity contribution in [2.24, 2.45) is 5.92 Å². The molecule has 0 unspecified atom stereocenters. The SMILES string of the molecule is Cc1cc(C)n(-c2ccc(N3CCC(C(=O)N4CCN(c5cccc(Cl)c5)CC4)CC3)nn2)n1. The zero-order valence-corrected chi connectivity index (χ0v) is 20.4. The first-order valence-electron chi connectivity index (χ1n) is 11.9. The highest BCUT2D eigenvalue weighted by Gasteiger charge is 2.31. The Morgan fingerprint density at radius 1 is 0.882 bits per heavy atom. The lowest BCUT2D eigenvalue weighted by Crippen LogP contribution is -2.51. The Bertz CT molecular complexity index is 1150. The quantitative estimate of drug-likeness (QED) is 0.570. The van der Waals surface area contributed by atoms with Crippen molar-refractivity contribution in [1.82, 2.24) is 24.9 Å². The summed E-state index contributed by atoms with van der Waals surface area (Å²) in [7, 11) is 0. The number of aromatic nitrogens is 4. The van der Waals surface area contributed by atoms with Crippen LogP contribution in [0.2, 0.25) is 5.02 Å². The van der Waals surface area contributed by atoms with Gasteiger partial charge in [-0.2, -0.15) is 5.10 Å². The number of aryl methyl sites for hydroxylation is 2. The topological polar surface area (TPSA) is 70.4 Å². The van der Waals surface area contributed by atoms with Gasteiger partial charge in [0.15, 0.2) is 11.6 Å². The maximum Gasteiger partial charge on any atom is 0.225 e. The van der Waals surface area contributed by atoms with Crippen molar-refractivity contribution in [2.75, 3.05) is 49.1 Å². The number of piperazine rings is 1. The average molecular weight is 480 g/mol. The molecule has 2 aliphatic heterocycles. The van der Waals surface area contributed by atoms with E-state index in [4.69, 9.17) is 11.6 Å². The van der Waals surface area contributed by atoms with Crippen LogP contribution < -0.4 is 9.80 Å². The zero-order valence-electron chi connectivity index (χ0n) is 19.7. The lowest BCUT2D eigenvalue weighted by molar-refractivity contribution is -0.136. The second kappa shape index (κ2) is 9.62. The molecule has 2 saturated heterocycles. The van der Waals surface area contributed by atoms with E-state index in [0.29, 0.717) is 0 Å². The molecule has 0 saturated carbocycles. The largest absolute Gasteiger partial charge is 0.368 e. The molecule has 9 heteroatoms. The highest BCUT2D eigenvalue weighted by atomic mass is 35.5. The van der Waals surface area contributed by atoms with Gasteiger partial charge in [0.25, 0.3) is 0 Å². The van der Waals surface area contributed by atoms with Crippen LogP contribution in [0.15, 0.2) is 42.5 Å². The number of hydrogen-bond donors (Lipinski definition) is 0. The van der Waals surface area contributed by atoms with Gasteiger partial charge in [0.1, 0.15) is 0 Å². The minimum absolute atomic E-state index is 0.0795. The van der Waals surface area contributed by atoms with Crippen LogP contribution >= 0.6 is 11.6 Å². The van der Waals surface area contributed by atoms with Crippen LogP contribution in [0.5, 0.6) is 0 Å². The van der Waals surface area contributed by atoms with Gasteiger partial charge in [0, 0.05) is 61.6 Å². The van der Waals surface area contributed by atoms with E-state index in [0.717, 1.165) is 85.8 Å². The Balaban J connectivity index is 1.13. The van der Waals surface area contributed by atoms with Gasteiger partial charge >= 0.3 is 0 Å². The van der Waals surface area contributed by atoms with E-state index in [9.17, 15) is 4.79 Å². The Morgan fingerprint density at radius 3 is 2.21 bits per heavy atom. The van der Waals surface area contributed by atoms with Crippen molar-refractivity contribution in [2.45, 2.75) is 26.7 Å². The number of hydrogen-bond acceptors (Lipinski definition) is 6. The van der Waals surface area contributed by atoms with Crippen molar-refractivity contribution in [3.05, 3.63) is 58.9 Å². The molecule has 2 aliphatic rings. The van der Waals surface area contributed by atoms with Gasteiger partial charge in [-0.3, -0.25) is 4.79 Å². The number of anilines is 2. The fourth-order valence-corrected chi connectivity index (χ4v) is 5.12. The number of carbonyl (C=O) groups excluding carboxylic acids is 1. The van der Waals surface area contributed by atoms with Crippen molar-refractivity contribution >= 4 is 29.0 Å². The molecule has 0 spiro atoms. The second-order valence-electron chi connectivity index (χ2n) is 9.14. The first kappa shape index (κ1) is 22.7. The fourth-order valence-electron chi connectivity index (χ4n) is 4.93. The van der Waals surface area contributed by atoms with Crippen LogP contribution in [0.25, 0.3) is 5.82 Å². The van der Waals surface area contributed by atoms with Crippen LogP contribution in [-0.2, 0) is 4.79 Å². The number of halogens is 1. The molecular formula is C25H30ClN7O. The van der Waals surface area contributed by atoms with Gasteiger partial charge in [0.2, 0.25) is 5.91 Å². The van der Waals surface area contributed by atoms with E-state index in [2.05, 4.69) is 31.2 Å². The standard InChI is InChI=1S/C25H30ClN7O/c1-18-16-19(2)33(29-18)24-7-6-23(27-28-24)31-10-8-20(9-11-31)25(34)32-14-12-30(13-15-32)22-5-3-4-21(26)17-22/h3-7,16-17,20H,8-15H2,1-2H3. The first-order chi connectivity index (χ1) is 16.5. The van der Waals surface area contributed by atoms with Crippen LogP contribution in [0.4, 0.5) is 11.5 Å². The molecule has 8 nitrogen and oxygen atoms in total. The van der Waals surface area contributed by atoms with Crippen molar-refractivity contribution in [3.8, 4) is 5.82 Å². The predicted molar refractivity (Wildman–Crippen MR) is 134 cm³/mol. The van der Waals surface area contributed by atoms with E-state index < -0.39 is 0 Å². The number of benzene rings is 1. The van der Waals surface area contributed by atoms with Gasteiger partial charge in [-0.25, -0.2) is 4.68 Å². The lowest BCUT2D eigenvalue weighted by Gasteiger charge is -2.39. The van der Waals surface area contributed by atoms with Crippen LogP contribution in [0, 0.1) is 19.8 Å². The molecule has 0 N–H and O–H groups in total. The zero-order chi connectivity index (χ0) is 23.7. The summed E-state index contributed by atoms with van der Waals surface area (Å²) in [5, 5.41) is 14.0. The van der Waals surface area contributed by atoms with E-state index >= 15 is 0 Å². The van der Waals surface area contributed by atoms with Gasteiger partial charge in [-0.1, -0.05) is 17.7 Å². The Morgan fingerprint density at radius 2 is 1.59 bits per heavy atom. The minimum Gasteiger partial charge on any atom is -0.368 e. The minimum atomic E-state index is 0.0795. The first-order valence-corrected chi connectivity index (χ1v) is 12.3. The number of rotatable bonds is 4. The lowest BCUT2D eigenvalue weighted by atomic mass is 9.95. The smallest absolute Gasteiger partial charge is 0.225 e. The summed E-state index contributed by atoms with van der Waals surface area (Å²) in [6.45, 7) is 8.78. The third kappa shape index (κ3) is 4.73. The Labute approximate surface area is 205 Å². The second-order valence-corrected chi connectivity index (χ2v) is 9.58. The van der Waals surface area contributed by atoms with Gasteiger partial charge < -0.3 is 14.7 Å². The van der Waals surface area contributed by atoms with E-state index in [1.807, 2.05) is 59.8 Å². The molecule has 0 bridgehead atoms. The molecule has 3 aromatic rings. The van der Waals surface area contributed by atoms with Crippen LogP contribution in [-0.4, -0.2) is 70.1 Å². The molecule has 0 aliphatic carbocycles. The van der Waals surface area contributed by atoms with E-state index in [-0.39, 0.29) is 11.8 Å². The Hall–Kier alpha value is -3.13. The average Bonchev–Trinajstić information content (AvgIpc) is 3.21. The van der Waals surface area contributed by atoms with Crippen LogP contribution in [0.3, 0.4) is 0 Å². The summed E-state index contributed by atoms with van der Waals surface area (Å²) in [5.74, 6) is 1.94. The summed E-state index contributed by atoms with van der Waals surface area (Å²) in [6.07, 6.45) is 1.68. The van der Waals surface area contributed by atoms with Crippen molar-refractivity contribution < 1.29 is 4.79 Å². The van der Waals surface area contributed by atoms with Gasteiger partial charge in [-0.15, -0.1) is 10.2 Å². The molecule has 0 radical (unpaired) electrons. The maximum atomic E-state index is 13.2. The molecule has 2 aromatic heterocycles. The summed E-state index contributed by atoms with van der Waals surface area (Å²) in [4.78, 5) is 19.7. The van der Waals surface area contributed by atoms with E-state index in [1.165, 1.54) is 0 Å². The molecule has 34 heavy (non-hydrogen) atoms. The molecule has 2 fully saturated rings. The number of nitrogens with zero attached hydrogens (tertiary/aromatic N) is 7. The van der Waals surface area contributed by atoms with Crippen LogP contribution in [0.1, 0.15) is 24.2 Å². The van der Waals surface area contributed by atoms with Crippen molar-refractivity contribution in [3.63, 3.8) is 0 Å². The molecule has 1 amide bonds. The molecule has 1 aromatic carbocycles. The number of piperidine rings is 1. The highest BCUT2D eigenvalue weighted by molar-refractivity contribution is 6.30. The van der Waals surface area contributed by atoms with Gasteiger partial charge in [0.05, 0.1) is 5.69 Å². The van der Waals surface area contributed by atoms with Gasteiger partial charge in [-0.05, 0) is 63.1 Å².